The number of urea groups is 1. The summed E-state index contributed by atoms with van der Waals surface area (Å²) in [5, 5.41) is 3.02. The molecule has 1 saturated heterocycles. The Balaban J connectivity index is 2.10. The number of nitrogens with one attached hydrogen (secondary N) is 1. The quantitative estimate of drug-likeness (QED) is 0.890. The molecule has 2 rings (SSSR count). The maximum atomic E-state index is 12.2. The van der Waals surface area contributed by atoms with Crippen LogP contribution in [0.25, 0.3) is 0 Å². The second-order valence-electron chi connectivity index (χ2n) is 4.45. The molecule has 108 valence electrons. The third-order valence-electron chi connectivity index (χ3n) is 3.12. The number of halogens is 1. The van der Waals surface area contributed by atoms with Crippen molar-refractivity contribution in [1.29, 1.82) is 0 Å². The van der Waals surface area contributed by atoms with Gasteiger partial charge in [-0.15, -0.1) is 0 Å². The molecule has 3 N–H and O–H groups in total. The van der Waals surface area contributed by atoms with E-state index in [-0.39, 0.29) is 18.5 Å². The van der Waals surface area contributed by atoms with E-state index in [0.717, 1.165) is 17.1 Å². The number of primary amides is 1. The van der Waals surface area contributed by atoms with E-state index in [2.05, 4.69) is 5.32 Å². The van der Waals surface area contributed by atoms with Gasteiger partial charge in [0.1, 0.15) is 0 Å². The van der Waals surface area contributed by atoms with E-state index in [4.69, 9.17) is 17.3 Å². The zero-order valence-corrected chi connectivity index (χ0v) is 12.4. The Labute approximate surface area is 126 Å². The Hall–Kier alpha value is -1.40. The molecule has 7 heteroatoms. The molecule has 0 aliphatic carbocycles. The molecule has 1 aliphatic heterocycles. The van der Waals surface area contributed by atoms with Gasteiger partial charge in [-0.2, -0.15) is 11.8 Å². The number of nitrogens with two attached hydrogens (primary N) is 1. The maximum absolute atomic E-state index is 12.2. The van der Waals surface area contributed by atoms with Gasteiger partial charge in [-0.1, -0.05) is 23.7 Å². The molecule has 0 bridgehead atoms. The van der Waals surface area contributed by atoms with Gasteiger partial charge in [-0.05, 0) is 17.7 Å². The number of hydrogen-bond acceptors (Lipinski definition) is 3. The summed E-state index contributed by atoms with van der Waals surface area (Å²) >= 11 is 7.70. The number of thioether (sulfide) groups is 1. The lowest BCUT2D eigenvalue weighted by Crippen LogP contribution is -2.46. The zero-order valence-electron chi connectivity index (χ0n) is 10.8. The van der Waals surface area contributed by atoms with Crippen molar-refractivity contribution in [3.05, 3.63) is 34.9 Å². The van der Waals surface area contributed by atoms with Gasteiger partial charge in [0.2, 0.25) is 5.91 Å². The Bertz CT molecular complexity index is 495. The second kappa shape index (κ2) is 6.85. The Kier molecular flexibility index (Phi) is 5.14. The standard InChI is InChI=1S/C13H16ClN3O2S/c14-10-3-1-9(2-4-10)11-8-20-6-5-17(11)12(18)7-16-13(15)19/h1-4,11H,5-8H2,(H3,15,16,19)/t11-/m1/s1. The first-order valence-electron chi connectivity index (χ1n) is 6.24. The molecule has 1 aliphatic rings. The van der Waals surface area contributed by atoms with Crippen LogP contribution >= 0.6 is 23.4 Å². The van der Waals surface area contributed by atoms with Crippen LogP contribution in [0.3, 0.4) is 0 Å². The number of carbonyl (C=O) groups excluding carboxylic acids is 2. The second-order valence-corrected chi connectivity index (χ2v) is 6.03. The van der Waals surface area contributed by atoms with Crippen molar-refractivity contribution in [1.82, 2.24) is 10.2 Å². The fourth-order valence-corrected chi connectivity index (χ4v) is 3.34. The maximum Gasteiger partial charge on any atom is 0.312 e. The normalized spacial score (nSPS) is 18.6. The van der Waals surface area contributed by atoms with E-state index in [9.17, 15) is 9.59 Å². The van der Waals surface area contributed by atoms with Crippen LogP contribution in [0.2, 0.25) is 5.02 Å². The van der Waals surface area contributed by atoms with Crippen LogP contribution in [0.5, 0.6) is 0 Å². The largest absolute Gasteiger partial charge is 0.352 e. The van der Waals surface area contributed by atoms with E-state index >= 15 is 0 Å². The molecule has 3 amide bonds. The van der Waals surface area contributed by atoms with Crippen molar-refractivity contribution < 1.29 is 9.59 Å². The molecule has 0 saturated carbocycles. The van der Waals surface area contributed by atoms with Gasteiger partial charge in [-0.25, -0.2) is 4.79 Å². The van der Waals surface area contributed by atoms with Crippen LogP contribution in [0.15, 0.2) is 24.3 Å². The summed E-state index contributed by atoms with van der Waals surface area (Å²) in [4.78, 5) is 24.7. The van der Waals surface area contributed by atoms with E-state index in [1.54, 1.807) is 4.90 Å². The molecule has 20 heavy (non-hydrogen) atoms. The van der Waals surface area contributed by atoms with E-state index in [0.29, 0.717) is 11.6 Å². The van der Waals surface area contributed by atoms with Crippen LogP contribution in [-0.4, -0.2) is 41.4 Å². The van der Waals surface area contributed by atoms with Crippen LogP contribution in [0, 0.1) is 0 Å². The van der Waals surface area contributed by atoms with Crippen LogP contribution in [-0.2, 0) is 4.79 Å². The van der Waals surface area contributed by atoms with Crippen molar-refractivity contribution in [2.45, 2.75) is 6.04 Å². The third-order valence-corrected chi connectivity index (χ3v) is 4.39. The van der Waals surface area contributed by atoms with Crippen LogP contribution < -0.4 is 11.1 Å². The predicted octanol–water partition coefficient (Wildman–Crippen LogP) is 1.62. The smallest absolute Gasteiger partial charge is 0.312 e. The Morgan fingerprint density at radius 1 is 1.40 bits per heavy atom. The van der Waals surface area contributed by atoms with Gasteiger partial charge in [0, 0.05) is 23.1 Å². The monoisotopic (exact) mass is 313 g/mol. The van der Waals surface area contributed by atoms with Gasteiger partial charge >= 0.3 is 6.03 Å². The van der Waals surface area contributed by atoms with Crippen molar-refractivity contribution in [3.63, 3.8) is 0 Å². The number of hydrogen-bond donors (Lipinski definition) is 2. The van der Waals surface area contributed by atoms with E-state index < -0.39 is 6.03 Å². The summed E-state index contributed by atoms with van der Waals surface area (Å²) in [5.41, 5.74) is 6.04. The highest BCUT2D eigenvalue weighted by molar-refractivity contribution is 7.99. The van der Waals surface area contributed by atoms with Gasteiger partial charge in [0.05, 0.1) is 12.6 Å². The van der Waals surface area contributed by atoms with Crippen molar-refractivity contribution >= 4 is 35.3 Å². The molecule has 1 fully saturated rings. The van der Waals surface area contributed by atoms with Crippen LogP contribution in [0.4, 0.5) is 4.79 Å². The summed E-state index contributed by atoms with van der Waals surface area (Å²) in [6, 6.07) is 6.82. The minimum absolute atomic E-state index is 0.00759. The Morgan fingerprint density at radius 2 is 2.10 bits per heavy atom. The molecule has 0 aromatic heterocycles. The number of rotatable bonds is 3. The third kappa shape index (κ3) is 3.80. The highest BCUT2D eigenvalue weighted by atomic mass is 35.5. The van der Waals surface area contributed by atoms with Crippen molar-refractivity contribution in [2.24, 2.45) is 5.73 Å². The minimum Gasteiger partial charge on any atom is -0.352 e. The average molecular weight is 314 g/mol. The van der Waals surface area contributed by atoms with Gasteiger partial charge in [0.25, 0.3) is 0 Å². The zero-order chi connectivity index (χ0) is 14.5. The summed E-state index contributed by atoms with van der Waals surface area (Å²) in [6.45, 7) is 0.599. The molecule has 1 aromatic rings. The summed E-state index contributed by atoms with van der Waals surface area (Å²) < 4.78 is 0. The molecule has 0 spiro atoms. The van der Waals surface area contributed by atoms with E-state index in [1.807, 2.05) is 36.0 Å². The van der Waals surface area contributed by atoms with Gasteiger partial charge < -0.3 is 16.0 Å². The van der Waals surface area contributed by atoms with Crippen molar-refractivity contribution in [3.8, 4) is 0 Å². The topological polar surface area (TPSA) is 75.4 Å². The highest BCUT2D eigenvalue weighted by Gasteiger charge is 2.28. The molecular formula is C13H16ClN3O2S. The lowest BCUT2D eigenvalue weighted by molar-refractivity contribution is -0.132. The molecule has 1 atom stereocenters. The fourth-order valence-electron chi connectivity index (χ4n) is 2.13. The SMILES string of the molecule is NC(=O)NCC(=O)N1CCSC[C@@H]1c1ccc(Cl)cc1. The summed E-state index contributed by atoms with van der Waals surface area (Å²) in [5.74, 6) is 1.61. The number of nitrogens with zero attached hydrogens (tertiary/aromatic N) is 1. The van der Waals surface area contributed by atoms with Gasteiger partial charge in [0.15, 0.2) is 0 Å². The van der Waals surface area contributed by atoms with Crippen molar-refractivity contribution in [2.75, 3.05) is 24.6 Å². The first-order chi connectivity index (χ1) is 9.58. The summed E-state index contributed by atoms with van der Waals surface area (Å²) in [6.07, 6.45) is 0. The molecule has 5 nitrogen and oxygen atoms in total. The molecule has 0 unspecified atom stereocenters. The number of benzene rings is 1. The summed E-state index contributed by atoms with van der Waals surface area (Å²) in [7, 11) is 0. The van der Waals surface area contributed by atoms with Crippen LogP contribution in [0.1, 0.15) is 11.6 Å². The number of amides is 3. The molecular weight excluding hydrogens is 298 g/mol. The lowest BCUT2D eigenvalue weighted by atomic mass is 10.1. The molecule has 1 heterocycles. The van der Waals surface area contributed by atoms with E-state index in [1.165, 1.54) is 0 Å². The average Bonchev–Trinajstić information content (AvgIpc) is 2.45. The highest BCUT2D eigenvalue weighted by Crippen LogP contribution is 2.30. The first-order valence-corrected chi connectivity index (χ1v) is 7.77. The predicted molar refractivity (Wildman–Crippen MR) is 80.8 cm³/mol. The minimum atomic E-state index is -0.687. The first kappa shape index (κ1) is 15.0. The molecule has 0 radical (unpaired) electrons. The number of carbonyl (C=O) groups is 2. The lowest BCUT2D eigenvalue weighted by Gasteiger charge is -2.35. The fraction of sp³-hybridized carbons (Fsp3) is 0.385. The Morgan fingerprint density at radius 3 is 2.75 bits per heavy atom. The van der Waals surface area contributed by atoms with Gasteiger partial charge in [-0.3, -0.25) is 4.79 Å². The molecule has 1 aromatic carbocycles.